The topological polar surface area (TPSA) is 35.5 Å². The highest BCUT2D eigenvalue weighted by Gasteiger charge is 2.13. The molecular weight excluding hydrogens is 300 g/mol. The maximum atomic E-state index is 11.8. The van der Waals surface area contributed by atoms with Crippen molar-refractivity contribution in [3.8, 4) is 5.75 Å². The number of ether oxygens (including phenoxy) is 2. The summed E-state index contributed by atoms with van der Waals surface area (Å²) in [6.07, 6.45) is 9.83. The van der Waals surface area contributed by atoms with E-state index >= 15 is 0 Å². The molecule has 1 aliphatic rings. The highest BCUT2D eigenvalue weighted by molar-refractivity contribution is 5.69. The van der Waals surface area contributed by atoms with Gasteiger partial charge >= 0.3 is 5.97 Å². The SMILES string of the molecule is CCOC(=O)CCC(Cc1ccc(OC)cc1)=C1CCCCCC1. The Morgan fingerprint density at radius 3 is 2.25 bits per heavy atom. The lowest BCUT2D eigenvalue weighted by Gasteiger charge is -2.15. The van der Waals surface area contributed by atoms with Gasteiger partial charge < -0.3 is 9.47 Å². The minimum absolute atomic E-state index is 0.0843. The summed E-state index contributed by atoms with van der Waals surface area (Å²) in [7, 11) is 1.69. The summed E-state index contributed by atoms with van der Waals surface area (Å²) in [5.41, 5.74) is 4.30. The number of methoxy groups -OCH3 is 1. The third-order valence-electron chi connectivity index (χ3n) is 4.72. The molecule has 0 spiro atoms. The molecule has 0 radical (unpaired) electrons. The molecule has 3 heteroatoms. The van der Waals surface area contributed by atoms with Crippen LogP contribution >= 0.6 is 0 Å². The molecular formula is C21H30O3. The van der Waals surface area contributed by atoms with Crippen molar-refractivity contribution in [2.24, 2.45) is 0 Å². The van der Waals surface area contributed by atoms with Crippen molar-refractivity contribution in [3.63, 3.8) is 0 Å². The average Bonchev–Trinajstić information content (AvgIpc) is 2.89. The summed E-state index contributed by atoms with van der Waals surface area (Å²) in [6.45, 7) is 2.32. The molecule has 0 aliphatic heterocycles. The minimum atomic E-state index is -0.0843. The zero-order valence-electron chi connectivity index (χ0n) is 15.1. The lowest BCUT2D eigenvalue weighted by Crippen LogP contribution is -2.06. The van der Waals surface area contributed by atoms with Crippen LogP contribution in [0.2, 0.25) is 0 Å². The molecule has 0 N–H and O–H groups in total. The van der Waals surface area contributed by atoms with Crippen LogP contribution in [0.25, 0.3) is 0 Å². The standard InChI is InChI=1S/C21H30O3/c1-3-24-21(22)15-12-19(18-8-6-4-5-7-9-18)16-17-10-13-20(23-2)14-11-17/h10-11,13-14H,3-9,12,15-16H2,1-2H3. The number of carbonyl (C=O) groups excluding carboxylic acids is 1. The molecule has 0 bridgehead atoms. The second-order valence-electron chi connectivity index (χ2n) is 6.45. The Hall–Kier alpha value is -1.77. The number of esters is 1. The largest absolute Gasteiger partial charge is 0.497 e. The van der Waals surface area contributed by atoms with Gasteiger partial charge in [0.25, 0.3) is 0 Å². The third-order valence-corrected chi connectivity index (χ3v) is 4.72. The summed E-state index contributed by atoms with van der Waals surface area (Å²) >= 11 is 0. The van der Waals surface area contributed by atoms with Crippen molar-refractivity contribution in [2.45, 2.75) is 64.7 Å². The summed E-state index contributed by atoms with van der Waals surface area (Å²) in [5, 5.41) is 0. The Balaban J connectivity index is 2.11. The second-order valence-corrected chi connectivity index (χ2v) is 6.45. The number of hydrogen-bond donors (Lipinski definition) is 0. The van der Waals surface area contributed by atoms with E-state index in [9.17, 15) is 4.79 Å². The molecule has 132 valence electrons. The van der Waals surface area contributed by atoms with Gasteiger partial charge in [0, 0.05) is 6.42 Å². The van der Waals surface area contributed by atoms with Crippen LogP contribution < -0.4 is 4.74 Å². The predicted octanol–water partition coefficient (Wildman–Crippen LogP) is 5.23. The lowest BCUT2D eigenvalue weighted by molar-refractivity contribution is -0.143. The van der Waals surface area contributed by atoms with Crippen LogP contribution in [0.4, 0.5) is 0 Å². The maximum Gasteiger partial charge on any atom is 0.306 e. The van der Waals surface area contributed by atoms with Gasteiger partial charge in [0.15, 0.2) is 0 Å². The van der Waals surface area contributed by atoms with Gasteiger partial charge in [-0.15, -0.1) is 0 Å². The van der Waals surface area contributed by atoms with E-state index in [4.69, 9.17) is 9.47 Å². The van der Waals surface area contributed by atoms with E-state index in [-0.39, 0.29) is 5.97 Å². The Bertz CT molecular complexity index is 533. The first-order chi connectivity index (χ1) is 11.7. The molecule has 0 saturated heterocycles. The van der Waals surface area contributed by atoms with Crippen molar-refractivity contribution in [1.29, 1.82) is 0 Å². The molecule has 1 fully saturated rings. The zero-order valence-corrected chi connectivity index (χ0v) is 15.1. The number of rotatable bonds is 7. The molecule has 0 amide bonds. The van der Waals surface area contributed by atoms with Gasteiger partial charge in [-0.3, -0.25) is 4.79 Å². The van der Waals surface area contributed by atoms with Gasteiger partial charge in [-0.1, -0.05) is 36.1 Å². The predicted molar refractivity (Wildman–Crippen MR) is 97.3 cm³/mol. The lowest BCUT2D eigenvalue weighted by atomic mass is 9.92. The summed E-state index contributed by atoms with van der Waals surface area (Å²) in [6, 6.07) is 8.27. The van der Waals surface area contributed by atoms with Crippen molar-refractivity contribution in [3.05, 3.63) is 41.0 Å². The maximum absolute atomic E-state index is 11.8. The fourth-order valence-corrected chi connectivity index (χ4v) is 3.37. The third kappa shape index (κ3) is 6.03. The van der Waals surface area contributed by atoms with Crippen LogP contribution in [0.5, 0.6) is 5.75 Å². The van der Waals surface area contributed by atoms with E-state index in [1.54, 1.807) is 12.7 Å². The van der Waals surface area contributed by atoms with Crippen LogP contribution in [0.15, 0.2) is 35.4 Å². The molecule has 0 heterocycles. The number of carbonyl (C=O) groups is 1. The zero-order chi connectivity index (χ0) is 17.2. The van der Waals surface area contributed by atoms with Gasteiger partial charge in [0.2, 0.25) is 0 Å². The molecule has 0 unspecified atom stereocenters. The Morgan fingerprint density at radius 2 is 1.67 bits per heavy atom. The molecule has 1 saturated carbocycles. The molecule has 0 atom stereocenters. The van der Waals surface area contributed by atoms with E-state index in [1.807, 2.05) is 19.1 Å². The minimum Gasteiger partial charge on any atom is -0.497 e. The first kappa shape index (κ1) is 18.6. The molecule has 24 heavy (non-hydrogen) atoms. The molecule has 0 aromatic heterocycles. The van der Waals surface area contributed by atoms with Gasteiger partial charge in [0.1, 0.15) is 5.75 Å². The van der Waals surface area contributed by atoms with E-state index in [2.05, 4.69) is 12.1 Å². The van der Waals surface area contributed by atoms with Crippen molar-refractivity contribution < 1.29 is 14.3 Å². The number of benzene rings is 1. The molecule has 1 aromatic rings. The van der Waals surface area contributed by atoms with Crippen molar-refractivity contribution >= 4 is 5.97 Å². The summed E-state index contributed by atoms with van der Waals surface area (Å²) < 4.78 is 10.3. The van der Waals surface area contributed by atoms with Gasteiger partial charge in [-0.25, -0.2) is 0 Å². The van der Waals surface area contributed by atoms with Gasteiger partial charge in [0.05, 0.1) is 13.7 Å². The molecule has 1 aliphatic carbocycles. The second kappa shape index (κ2) is 10.2. The number of hydrogen-bond acceptors (Lipinski definition) is 3. The summed E-state index contributed by atoms with van der Waals surface area (Å²) in [5.74, 6) is 0.799. The summed E-state index contributed by atoms with van der Waals surface area (Å²) in [4.78, 5) is 11.8. The highest BCUT2D eigenvalue weighted by Crippen LogP contribution is 2.29. The van der Waals surface area contributed by atoms with Crippen LogP contribution in [0.1, 0.15) is 63.9 Å². The fraction of sp³-hybridized carbons (Fsp3) is 0.571. The van der Waals surface area contributed by atoms with Crippen LogP contribution in [-0.2, 0) is 16.0 Å². The monoisotopic (exact) mass is 330 g/mol. The quantitative estimate of drug-likeness (QED) is 0.390. The Morgan fingerprint density at radius 1 is 1.00 bits per heavy atom. The Kier molecular flexibility index (Phi) is 7.87. The normalized spacial score (nSPS) is 14.8. The smallest absolute Gasteiger partial charge is 0.306 e. The first-order valence-corrected chi connectivity index (χ1v) is 9.21. The van der Waals surface area contributed by atoms with Crippen molar-refractivity contribution in [2.75, 3.05) is 13.7 Å². The van der Waals surface area contributed by atoms with Crippen molar-refractivity contribution in [1.82, 2.24) is 0 Å². The number of allylic oxidation sites excluding steroid dienone is 2. The molecule has 3 nitrogen and oxygen atoms in total. The molecule has 2 rings (SSSR count). The van der Waals surface area contributed by atoms with Crippen LogP contribution in [0, 0.1) is 0 Å². The highest BCUT2D eigenvalue weighted by atomic mass is 16.5. The van der Waals surface area contributed by atoms with E-state index in [0.29, 0.717) is 13.0 Å². The van der Waals surface area contributed by atoms with Crippen LogP contribution in [-0.4, -0.2) is 19.7 Å². The van der Waals surface area contributed by atoms with E-state index < -0.39 is 0 Å². The van der Waals surface area contributed by atoms with Crippen LogP contribution in [0.3, 0.4) is 0 Å². The van der Waals surface area contributed by atoms with E-state index in [0.717, 1.165) is 18.6 Å². The first-order valence-electron chi connectivity index (χ1n) is 9.21. The fourth-order valence-electron chi connectivity index (χ4n) is 3.37. The van der Waals surface area contributed by atoms with Gasteiger partial charge in [-0.2, -0.15) is 0 Å². The average molecular weight is 330 g/mol. The Labute approximate surface area is 146 Å². The van der Waals surface area contributed by atoms with E-state index in [1.165, 1.54) is 49.7 Å². The molecule has 1 aromatic carbocycles. The van der Waals surface area contributed by atoms with Gasteiger partial charge in [-0.05, 0) is 63.1 Å².